The fourth-order valence-corrected chi connectivity index (χ4v) is 3.47. The highest BCUT2D eigenvalue weighted by Gasteiger charge is 2.48. The number of hydrogen-bond donors (Lipinski definition) is 4. The smallest absolute Gasteiger partial charge is 0.345 e. The molecule has 0 fully saturated rings. The molecule has 0 aliphatic rings. The number of nitrogens with two attached hydrogens (primary N) is 2. The molecule has 1 atom stereocenters. The molecule has 0 unspecified atom stereocenters. The normalized spacial score (nSPS) is 12.3. The molecular weight excluding hydrogens is 462 g/mol. The number of amides is 2. The average Bonchev–Trinajstić information content (AvgIpc) is 2.79. The highest BCUT2D eigenvalue weighted by atomic mass is 35.5. The van der Waals surface area contributed by atoms with Crippen LogP contribution in [0, 0.1) is 0 Å². The van der Waals surface area contributed by atoms with Gasteiger partial charge in [0.1, 0.15) is 5.75 Å². The van der Waals surface area contributed by atoms with E-state index in [1.54, 1.807) is 48.5 Å². The number of nitrogens with one attached hydrogen (secondary N) is 1. The molecule has 0 saturated carbocycles. The molecule has 0 heterocycles. The van der Waals surface area contributed by atoms with Crippen LogP contribution in [0.25, 0.3) is 0 Å². The first-order valence-corrected chi connectivity index (χ1v) is 10.8. The van der Waals surface area contributed by atoms with Crippen molar-refractivity contribution in [3.8, 4) is 5.75 Å². The van der Waals surface area contributed by atoms with Crippen molar-refractivity contribution < 1.29 is 24.2 Å². The van der Waals surface area contributed by atoms with E-state index in [4.69, 9.17) is 27.8 Å². The lowest BCUT2D eigenvalue weighted by Crippen LogP contribution is -2.67. The number of nitrogens with zero attached hydrogens (tertiary/aromatic N) is 2. The SMILES string of the molecule is CC(=O)N(C(=O)COc1ccc(Cl)cc1)[C@](CCCN=C(N)N)(NCc1ccccc1)C(=O)O. The van der Waals surface area contributed by atoms with Gasteiger partial charge in [-0.15, -0.1) is 0 Å². The van der Waals surface area contributed by atoms with Crippen LogP contribution in [0.4, 0.5) is 0 Å². The Labute approximate surface area is 202 Å². The Morgan fingerprint density at radius 2 is 1.76 bits per heavy atom. The zero-order valence-corrected chi connectivity index (χ0v) is 19.5. The fraction of sp³-hybridized carbons (Fsp3) is 0.304. The quantitative estimate of drug-likeness (QED) is 0.152. The number of aliphatic carboxylic acids is 1. The van der Waals surface area contributed by atoms with Gasteiger partial charge in [-0.3, -0.25) is 19.9 Å². The Bertz CT molecular complexity index is 1010. The van der Waals surface area contributed by atoms with Crippen LogP contribution in [-0.2, 0) is 20.9 Å². The number of carboxylic acids is 1. The lowest BCUT2D eigenvalue weighted by Gasteiger charge is -2.39. The Balaban J connectivity index is 2.32. The van der Waals surface area contributed by atoms with E-state index in [0.29, 0.717) is 15.7 Å². The van der Waals surface area contributed by atoms with Gasteiger partial charge in [0.2, 0.25) is 5.91 Å². The van der Waals surface area contributed by atoms with Gasteiger partial charge in [0.15, 0.2) is 18.2 Å². The minimum atomic E-state index is -2.05. The van der Waals surface area contributed by atoms with Gasteiger partial charge < -0.3 is 21.3 Å². The summed E-state index contributed by atoms with van der Waals surface area (Å²) in [6, 6.07) is 15.3. The van der Waals surface area contributed by atoms with E-state index in [9.17, 15) is 19.5 Å². The molecule has 2 aromatic rings. The second kappa shape index (κ2) is 12.6. The maximum atomic E-state index is 13.1. The minimum Gasteiger partial charge on any atom is -0.484 e. The number of halogens is 1. The third-order valence-electron chi connectivity index (χ3n) is 4.89. The molecule has 6 N–H and O–H groups in total. The van der Waals surface area contributed by atoms with Crippen LogP contribution in [0.2, 0.25) is 5.02 Å². The van der Waals surface area contributed by atoms with Gasteiger partial charge in [-0.2, -0.15) is 0 Å². The first kappa shape index (κ1) is 26.6. The number of aliphatic imine (C=N–C) groups is 1. The number of hydrogen-bond acceptors (Lipinski definition) is 6. The van der Waals surface area contributed by atoms with Crippen molar-refractivity contribution in [2.45, 2.75) is 32.0 Å². The Morgan fingerprint density at radius 1 is 1.12 bits per heavy atom. The molecule has 0 saturated heterocycles. The van der Waals surface area contributed by atoms with Crippen LogP contribution in [0.5, 0.6) is 5.75 Å². The summed E-state index contributed by atoms with van der Waals surface area (Å²) in [6.45, 7) is 0.769. The number of carbonyl (C=O) groups excluding carboxylic acids is 2. The summed E-state index contributed by atoms with van der Waals surface area (Å²) < 4.78 is 5.47. The molecule has 0 radical (unpaired) electrons. The summed E-state index contributed by atoms with van der Waals surface area (Å²) in [5, 5.41) is 13.6. The number of carboxylic acid groups (broad SMARTS) is 1. The van der Waals surface area contributed by atoms with Crippen LogP contribution < -0.4 is 21.5 Å². The van der Waals surface area contributed by atoms with E-state index in [0.717, 1.165) is 12.5 Å². The van der Waals surface area contributed by atoms with E-state index in [1.165, 1.54) is 0 Å². The van der Waals surface area contributed by atoms with Crippen LogP contribution in [0.3, 0.4) is 0 Å². The Kier molecular flexibility index (Phi) is 9.84. The van der Waals surface area contributed by atoms with E-state index in [2.05, 4.69) is 10.3 Å². The van der Waals surface area contributed by atoms with Gasteiger partial charge in [-0.1, -0.05) is 41.9 Å². The van der Waals surface area contributed by atoms with Crippen molar-refractivity contribution >= 4 is 35.3 Å². The van der Waals surface area contributed by atoms with Gasteiger partial charge in [-0.05, 0) is 42.7 Å². The maximum absolute atomic E-state index is 13.1. The second-order valence-electron chi connectivity index (χ2n) is 7.41. The van der Waals surface area contributed by atoms with Crippen molar-refractivity contribution in [3.63, 3.8) is 0 Å². The third kappa shape index (κ3) is 7.46. The summed E-state index contributed by atoms with van der Waals surface area (Å²) in [4.78, 5) is 42.9. The average molecular weight is 490 g/mol. The Morgan fingerprint density at radius 3 is 2.32 bits per heavy atom. The van der Waals surface area contributed by atoms with Crippen LogP contribution >= 0.6 is 11.6 Å². The molecule has 0 aliphatic carbocycles. The predicted octanol–water partition coefficient (Wildman–Crippen LogP) is 1.72. The molecular formula is C23H28ClN5O5. The number of guanidine groups is 1. The first-order valence-electron chi connectivity index (χ1n) is 10.5. The monoisotopic (exact) mass is 489 g/mol. The molecule has 2 amide bonds. The molecule has 2 aromatic carbocycles. The highest BCUT2D eigenvalue weighted by Crippen LogP contribution is 2.23. The summed E-state index contributed by atoms with van der Waals surface area (Å²) in [7, 11) is 0. The van der Waals surface area contributed by atoms with Gasteiger partial charge in [-0.25, -0.2) is 9.69 Å². The van der Waals surface area contributed by atoms with Crippen LogP contribution in [0.15, 0.2) is 59.6 Å². The summed E-state index contributed by atoms with van der Waals surface area (Å²) in [5.74, 6) is -2.79. The number of carbonyl (C=O) groups is 3. The zero-order chi connectivity index (χ0) is 25.1. The number of rotatable bonds is 12. The summed E-state index contributed by atoms with van der Waals surface area (Å²) in [5.41, 5.74) is 9.41. The van der Waals surface area contributed by atoms with Crippen LogP contribution in [0.1, 0.15) is 25.3 Å². The van der Waals surface area contributed by atoms with Crippen LogP contribution in [-0.4, -0.2) is 52.6 Å². The summed E-state index contributed by atoms with van der Waals surface area (Å²) >= 11 is 5.85. The van der Waals surface area contributed by atoms with Crippen molar-refractivity contribution in [2.75, 3.05) is 13.2 Å². The van der Waals surface area contributed by atoms with E-state index in [1.807, 2.05) is 6.07 Å². The molecule has 34 heavy (non-hydrogen) atoms. The second-order valence-corrected chi connectivity index (χ2v) is 7.84. The van der Waals surface area contributed by atoms with Gasteiger partial charge in [0.05, 0.1) is 0 Å². The summed E-state index contributed by atoms with van der Waals surface area (Å²) in [6.07, 6.45) is 0.0410. The zero-order valence-electron chi connectivity index (χ0n) is 18.7. The molecule has 0 spiro atoms. The van der Waals surface area contributed by atoms with Gasteiger partial charge in [0, 0.05) is 25.0 Å². The van der Waals surface area contributed by atoms with E-state index < -0.39 is 30.1 Å². The molecule has 11 heteroatoms. The van der Waals surface area contributed by atoms with E-state index >= 15 is 0 Å². The number of imide groups is 1. The van der Waals surface area contributed by atoms with Crippen molar-refractivity contribution in [1.82, 2.24) is 10.2 Å². The lowest BCUT2D eigenvalue weighted by molar-refractivity contribution is -0.170. The highest BCUT2D eigenvalue weighted by molar-refractivity contribution is 6.30. The fourth-order valence-electron chi connectivity index (χ4n) is 3.34. The number of ether oxygens (including phenoxy) is 1. The van der Waals surface area contributed by atoms with E-state index in [-0.39, 0.29) is 31.9 Å². The Hall–Kier alpha value is -3.63. The standard InChI is InChI=1S/C23H28ClN5O5/c1-16(30)29(20(31)15-34-19-10-8-18(24)9-11-19)23(21(32)33,12-5-13-27-22(25)26)28-14-17-6-3-2-4-7-17/h2-4,6-11,28H,5,12-15H2,1H3,(H,32,33)(H4,25,26,27)/t23-/m0/s1. The molecule has 0 aliphatic heterocycles. The van der Waals surface area contributed by atoms with Gasteiger partial charge in [0.25, 0.3) is 5.91 Å². The van der Waals surface area contributed by atoms with Gasteiger partial charge >= 0.3 is 5.97 Å². The third-order valence-corrected chi connectivity index (χ3v) is 5.15. The molecule has 0 bridgehead atoms. The maximum Gasteiger partial charge on any atom is 0.345 e. The molecule has 2 rings (SSSR count). The predicted molar refractivity (Wildman–Crippen MR) is 128 cm³/mol. The molecule has 182 valence electrons. The first-order chi connectivity index (χ1) is 16.2. The topological polar surface area (TPSA) is 160 Å². The van der Waals surface area contributed by atoms with Crippen molar-refractivity contribution in [1.29, 1.82) is 0 Å². The minimum absolute atomic E-state index is 0.0878. The lowest BCUT2D eigenvalue weighted by atomic mass is 9.99. The molecule has 10 nitrogen and oxygen atoms in total. The largest absolute Gasteiger partial charge is 0.484 e. The van der Waals surface area contributed by atoms with Crippen molar-refractivity contribution in [2.24, 2.45) is 16.5 Å². The number of benzene rings is 2. The molecule has 0 aromatic heterocycles. The van der Waals surface area contributed by atoms with Crippen molar-refractivity contribution in [3.05, 3.63) is 65.2 Å².